The maximum absolute atomic E-state index is 11.2. The topological polar surface area (TPSA) is 129 Å². The lowest BCUT2D eigenvalue weighted by Gasteiger charge is -2.06. The molecule has 0 unspecified atom stereocenters. The van der Waals surface area contributed by atoms with Gasteiger partial charge in [0.05, 0.1) is 16.9 Å². The van der Waals surface area contributed by atoms with Gasteiger partial charge in [-0.1, -0.05) is 11.8 Å². The van der Waals surface area contributed by atoms with E-state index in [1.165, 1.54) is 34.9 Å². The average molecular weight is 303 g/mol. The van der Waals surface area contributed by atoms with E-state index in [2.05, 4.69) is 25.8 Å². The predicted molar refractivity (Wildman–Crippen MR) is 75.5 cm³/mol. The summed E-state index contributed by atoms with van der Waals surface area (Å²) in [5, 5.41) is 31.2. The van der Waals surface area contributed by atoms with Crippen molar-refractivity contribution in [3.8, 4) is 11.9 Å². The summed E-state index contributed by atoms with van der Waals surface area (Å²) >= 11 is 1.19. The Hall–Kier alpha value is -2.93. The lowest BCUT2D eigenvalue weighted by molar-refractivity contribution is 0.0698. The van der Waals surface area contributed by atoms with Crippen molar-refractivity contribution >= 4 is 28.6 Å². The molecule has 2 rings (SSSR count). The molecule has 1 aromatic carbocycles. The number of hydrogen-bond acceptors (Lipinski definition) is 7. The smallest absolute Gasteiger partial charge is 0.337 e. The van der Waals surface area contributed by atoms with Crippen LogP contribution in [0, 0.1) is 11.5 Å². The van der Waals surface area contributed by atoms with Crippen LogP contribution in [-0.4, -0.2) is 42.7 Å². The van der Waals surface area contributed by atoms with Crippen molar-refractivity contribution in [1.29, 1.82) is 5.26 Å². The highest BCUT2D eigenvalue weighted by atomic mass is 32.2. The fraction of sp³-hybridized carbons (Fsp3) is 0.0909. The molecule has 0 fully saturated rings. The molecule has 21 heavy (non-hydrogen) atoms. The highest BCUT2D eigenvalue weighted by Gasteiger charge is 2.12. The summed E-state index contributed by atoms with van der Waals surface area (Å²) in [4.78, 5) is 15.4. The fourth-order valence-electron chi connectivity index (χ4n) is 1.50. The predicted octanol–water partition coefficient (Wildman–Crippen LogP) is 0.782. The molecule has 1 heterocycles. The third kappa shape index (κ3) is 3.34. The summed E-state index contributed by atoms with van der Waals surface area (Å²) in [6.45, 7) is 0. The second-order valence-electron chi connectivity index (χ2n) is 3.62. The summed E-state index contributed by atoms with van der Waals surface area (Å²) < 4.78 is 1.38. The van der Waals surface area contributed by atoms with Crippen LogP contribution in [0.3, 0.4) is 0 Å². The van der Waals surface area contributed by atoms with Gasteiger partial charge in [-0.2, -0.15) is 5.26 Å². The molecule has 0 saturated carbocycles. The van der Waals surface area contributed by atoms with Crippen LogP contribution in [0.2, 0.25) is 0 Å². The first kappa shape index (κ1) is 14.5. The Kier molecular flexibility index (Phi) is 4.47. The first-order chi connectivity index (χ1) is 10.2. The number of tetrazole rings is 1. The zero-order chi connectivity index (χ0) is 15.2. The van der Waals surface area contributed by atoms with E-state index < -0.39 is 5.97 Å². The molecule has 10 heteroatoms. The SMILES string of the molecule is CSC(=Nc1cc(-n2cnnn2)ccc1C(=O)O)NC#N. The van der Waals surface area contributed by atoms with E-state index in [0.29, 0.717) is 5.69 Å². The van der Waals surface area contributed by atoms with Crippen LogP contribution in [0.1, 0.15) is 10.4 Å². The number of carboxylic acid groups (broad SMARTS) is 1. The number of rotatable bonds is 3. The number of benzene rings is 1. The molecule has 0 aliphatic heterocycles. The van der Waals surface area contributed by atoms with Gasteiger partial charge in [0.2, 0.25) is 0 Å². The molecular weight excluding hydrogens is 294 g/mol. The van der Waals surface area contributed by atoms with Gasteiger partial charge in [0.25, 0.3) is 0 Å². The number of carbonyl (C=O) groups is 1. The van der Waals surface area contributed by atoms with Gasteiger partial charge in [-0.25, -0.2) is 14.5 Å². The molecule has 0 aliphatic carbocycles. The van der Waals surface area contributed by atoms with Crippen LogP contribution in [0.5, 0.6) is 0 Å². The van der Waals surface area contributed by atoms with E-state index in [1.54, 1.807) is 18.5 Å². The van der Waals surface area contributed by atoms with E-state index >= 15 is 0 Å². The Bertz CT molecular complexity index is 721. The third-order valence-electron chi connectivity index (χ3n) is 2.40. The lowest BCUT2D eigenvalue weighted by Crippen LogP contribution is -2.13. The van der Waals surface area contributed by atoms with Gasteiger partial charge in [0.1, 0.15) is 6.33 Å². The zero-order valence-electron chi connectivity index (χ0n) is 10.8. The highest BCUT2D eigenvalue weighted by Crippen LogP contribution is 2.24. The molecule has 106 valence electrons. The molecule has 0 saturated heterocycles. The maximum atomic E-state index is 11.2. The Morgan fingerprint density at radius 1 is 1.57 bits per heavy atom. The molecule has 0 amide bonds. The minimum Gasteiger partial charge on any atom is -0.478 e. The number of aliphatic imine (C=N–C) groups is 1. The Morgan fingerprint density at radius 3 is 2.95 bits per heavy atom. The highest BCUT2D eigenvalue weighted by molar-refractivity contribution is 8.13. The number of nitriles is 1. The van der Waals surface area contributed by atoms with Gasteiger partial charge >= 0.3 is 5.97 Å². The Morgan fingerprint density at radius 2 is 2.38 bits per heavy atom. The van der Waals surface area contributed by atoms with Crippen molar-refractivity contribution in [3.05, 3.63) is 30.1 Å². The second kappa shape index (κ2) is 6.49. The van der Waals surface area contributed by atoms with Crippen molar-refractivity contribution in [1.82, 2.24) is 25.5 Å². The number of carboxylic acids is 1. The van der Waals surface area contributed by atoms with Gasteiger partial charge in [0, 0.05) is 0 Å². The molecule has 2 N–H and O–H groups in total. The molecule has 0 radical (unpaired) electrons. The van der Waals surface area contributed by atoms with E-state index in [-0.39, 0.29) is 16.4 Å². The first-order valence-electron chi connectivity index (χ1n) is 5.54. The standard InChI is InChI=1S/C11H9N7O2S/c1-21-11(13-5-12)15-9-4-7(18-6-14-16-17-18)2-3-8(9)10(19)20/h2-4,6H,1H3,(H,13,15)(H,19,20). The van der Waals surface area contributed by atoms with Crippen LogP contribution in [0.25, 0.3) is 5.69 Å². The molecule has 9 nitrogen and oxygen atoms in total. The van der Waals surface area contributed by atoms with Crippen LogP contribution in [-0.2, 0) is 0 Å². The van der Waals surface area contributed by atoms with Crippen molar-refractivity contribution in [2.24, 2.45) is 4.99 Å². The maximum Gasteiger partial charge on any atom is 0.337 e. The summed E-state index contributed by atoms with van der Waals surface area (Å²) in [6.07, 6.45) is 4.84. The van der Waals surface area contributed by atoms with Crippen molar-refractivity contribution < 1.29 is 9.90 Å². The van der Waals surface area contributed by atoms with Crippen LogP contribution in [0.15, 0.2) is 29.5 Å². The van der Waals surface area contributed by atoms with Crippen molar-refractivity contribution in [2.75, 3.05) is 6.26 Å². The van der Waals surface area contributed by atoms with Crippen molar-refractivity contribution in [2.45, 2.75) is 0 Å². The minimum absolute atomic E-state index is 0.0121. The van der Waals surface area contributed by atoms with Gasteiger partial charge in [-0.3, -0.25) is 5.32 Å². The number of hydrogen-bond donors (Lipinski definition) is 2. The normalized spacial score (nSPS) is 11.0. The molecule has 0 bridgehead atoms. The number of amidine groups is 1. The van der Waals surface area contributed by atoms with Crippen LogP contribution >= 0.6 is 11.8 Å². The lowest BCUT2D eigenvalue weighted by atomic mass is 10.1. The molecular formula is C11H9N7O2S. The number of nitrogens with one attached hydrogen (secondary N) is 1. The Balaban J connectivity index is 2.52. The molecule has 0 atom stereocenters. The molecule has 0 spiro atoms. The van der Waals surface area contributed by atoms with Crippen LogP contribution in [0.4, 0.5) is 5.69 Å². The molecule has 0 aliphatic rings. The van der Waals surface area contributed by atoms with E-state index in [1.807, 2.05) is 0 Å². The van der Waals surface area contributed by atoms with Gasteiger partial charge in [-0.05, 0) is 34.9 Å². The second-order valence-corrected chi connectivity index (χ2v) is 4.41. The third-order valence-corrected chi connectivity index (χ3v) is 2.98. The van der Waals surface area contributed by atoms with E-state index in [4.69, 9.17) is 5.26 Å². The fourth-order valence-corrected chi connectivity index (χ4v) is 1.83. The summed E-state index contributed by atoms with van der Waals surface area (Å²) in [5.74, 6) is -1.12. The van der Waals surface area contributed by atoms with Gasteiger partial charge in [0.15, 0.2) is 11.4 Å². The minimum atomic E-state index is -1.12. The average Bonchev–Trinajstić information content (AvgIpc) is 3.00. The molecule has 2 aromatic rings. The van der Waals surface area contributed by atoms with Crippen LogP contribution < -0.4 is 5.32 Å². The Labute approximate surface area is 123 Å². The monoisotopic (exact) mass is 303 g/mol. The van der Waals surface area contributed by atoms with Gasteiger partial charge in [-0.15, -0.1) is 5.10 Å². The summed E-state index contributed by atoms with van der Waals surface area (Å²) in [5.41, 5.74) is 0.766. The van der Waals surface area contributed by atoms with E-state index in [0.717, 1.165) is 0 Å². The number of thioether (sulfide) groups is 1. The summed E-state index contributed by atoms with van der Waals surface area (Å²) in [6, 6.07) is 4.49. The number of nitrogens with zero attached hydrogens (tertiary/aromatic N) is 6. The summed E-state index contributed by atoms with van der Waals surface area (Å²) in [7, 11) is 0. The quantitative estimate of drug-likeness (QED) is 0.368. The van der Waals surface area contributed by atoms with Crippen molar-refractivity contribution in [3.63, 3.8) is 0 Å². The molecule has 1 aromatic heterocycles. The number of aromatic carboxylic acids is 1. The number of aromatic nitrogens is 4. The van der Waals surface area contributed by atoms with Gasteiger partial charge < -0.3 is 5.11 Å². The zero-order valence-corrected chi connectivity index (χ0v) is 11.6. The van der Waals surface area contributed by atoms with E-state index in [9.17, 15) is 9.90 Å². The largest absolute Gasteiger partial charge is 0.478 e. The first-order valence-corrected chi connectivity index (χ1v) is 6.76.